The van der Waals surface area contributed by atoms with Gasteiger partial charge in [-0.15, -0.1) is 0 Å². The summed E-state index contributed by atoms with van der Waals surface area (Å²) in [6.45, 7) is 5.84. The monoisotopic (exact) mass is 328 g/mol. The lowest BCUT2D eigenvalue weighted by atomic mass is 9.62. The van der Waals surface area contributed by atoms with Crippen molar-refractivity contribution in [1.82, 2.24) is 9.88 Å². The van der Waals surface area contributed by atoms with E-state index in [0.717, 1.165) is 4.47 Å². The maximum absolute atomic E-state index is 11.4. The molecule has 1 aromatic rings. The number of aromatic nitrogens is 1. The Balaban J connectivity index is 2.62. The van der Waals surface area contributed by atoms with Crippen molar-refractivity contribution in [2.24, 2.45) is 5.41 Å². The van der Waals surface area contributed by atoms with Crippen molar-refractivity contribution in [2.45, 2.75) is 32.4 Å². The van der Waals surface area contributed by atoms with E-state index in [-0.39, 0.29) is 6.54 Å². The van der Waals surface area contributed by atoms with Crippen LogP contribution in [0.15, 0.2) is 22.8 Å². The van der Waals surface area contributed by atoms with Gasteiger partial charge in [0.25, 0.3) is 0 Å². The van der Waals surface area contributed by atoms with Gasteiger partial charge in [0, 0.05) is 10.7 Å². The van der Waals surface area contributed by atoms with Gasteiger partial charge in [0.2, 0.25) is 0 Å². The topological polar surface area (TPSA) is 73.7 Å². The second-order valence-corrected chi connectivity index (χ2v) is 6.70. The molecule has 0 radical (unpaired) electrons. The molecule has 0 aromatic carbocycles. The summed E-state index contributed by atoms with van der Waals surface area (Å²) in [7, 11) is 0. The first-order valence-corrected chi connectivity index (χ1v) is 6.81. The highest BCUT2D eigenvalue weighted by molar-refractivity contribution is 9.10. The second-order valence-electron chi connectivity index (χ2n) is 5.78. The maximum Gasteiger partial charge on any atom is 0.408 e. The molecule has 2 atom stereocenters. The van der Waals surface area contributed by atoms with E-state index in [1.807, 2.05) is 20.8 Å². The minimum absolute atomic E-state index is 0.112. The van der Waals surface area contributed by atoms with E-state index < -0.39 is 23.2 Å². The van der Waals surface area contributed by atoms with E-state index in [1.165, 1.54) is 4.90 Å². The van der Waals surface area contributed by atoms with Crippen molar-refractivity contribution in [2.75, 3.05) is 6.54 Å². The molecule has 0 bridgehead atoms. The first-order valence-electron chi connectivity index (χ1n) is 6.02. The Morgan fingerprint density at radius 2 is 2.21 bits per heavy atom. The predicted octanol–water partition coefficient (Wildman–Crippen LogP) is 2.44. The molecule has 2 N–H and O–H groups in total. The SMILES string of the molecule is CC(C)(C)C1(c2cc(Br)ccn2)C(O)CN1C(=O)O. The number of pyridine rings is 1. The van der Waals surface area contributed by atoms with E-state index in [0.29, 0.717) is 5.69 Å². The number of halogens is 1. The molecule has 1 saturated heterocycles. The standard InChI is InChI=1S/C13H17BrN2O3/c1-12(2,3)13(9-6-8(14)4-5-15-9)10(17)7-16(13)11(18)19/h4-6,10,17H,7H2,1-3H3,(H,18,19). The van der Waals surface area contributed by atoms with E-state index in [4.69, 9.17) is 0 Å². The maximum atomic E-state index is 11.4. The molecule has 1 aliphatic heterocycles. The summed E-state index contributed by atoms with van der Waals surface area (Å²) in [6.07, 6.45) is -0.190. The molecule has 2 rings (SSSR count). The normalized spacial score (nSPS) is 27.0. The largest absolute Gasteiger partial charge is 0.465 e. The van der Waals surface area contributed by atoms with Crippen LogP contribution in [0.4, 0.5) is 4.79 Å². The number of carbonyl (C=O) groups is 1. The van der Waals surface area contributed by atoms with Crippen molar-refractivity contribution in [3.8, 4) is 0 Å². The Morgan fingerprint density at radius 3 is 2.63 bits per heavy atom. The highest BCUT2D eigenvalue weighted by atomic mass is 79.9. The van der Waals surface area contributed by atoms with Gasteiger partial charge in [-0.05, 0) is 17.5 Å². The molecule has 104 valence electrons. The lowest BCUT2D eigenvalue weighted by Gasteiger charge is -2.60. The number of rotatable bonds is 1. The van der Waals surface area contributed by atoms with Crippen LogP contribution in [-0.4, -0.2) is 38.8 Å². The zero-order valence-corrected chi connectivity index (χ0v) is 12.7. The molecular formula is C13H17BrN2O3. The van der Waals surface area contributed by atoms with Crippen LogP contribution in [0, 0.1) is 5.41 Å². The number of carboxylic acid groups (broad SMARTS) is 1. The van der Waals surface area contributed by atoms with Crippen LogP contribution >= 0.6 is 15.9 Å². The minimum atomic E-state index is -1.04. The molecule has 0 saturated carbocycles. The fourth-order valence-electron chi connectivity index (χ4n) is 2.96. The number of hydrogen-bond acceptors (Lipinski definition) is 3. The van der Waals surface area contributed by atoms with E-state index in [2.05, 4.69) is 20.9 Å². The number of aliphatic hydroxyl groups is 1. The average Bonchev–Trinajstić information content (AvgIpc) is 2.23. The first-order chi connectivity index (χ1) is 8.71. The third-order valence-electron chi connectivity index (χ3n) is 3.75. The summed E-state index contributed by atoms with van der Waals surface area (Å²) in [5.41, 5.74) is -0.921. The van der Waals surface area contributed by atoms with Crippen LogP contribution in [-0.2, 0) is 5.54 Å². The number of aliphatic hydroxyl groups excluding tert-OH is 1. The number of hydrogen-bond donors (Lipinski definition) is 2. The van der Waals surface area contributed by atoms with Gasteiger partial charge in [0.15, 0.2) is 0 Å². The number of β-amino-alcohol motifs (C(OH)–C–C–N with tert-alkyl or cyclic N) is 1. The van der Waals surface area contributed by atoms with Crippen LogP contribution in [0.5, 0.6) is 0 Å². The number of likely N-dealkylation sites (tertiary alicyclic amines) is 1. The third-order valence-corrected chi connectivity index (χ3v) is 4.24. The van der Waals surface area contributed by atoms with Gasteiger partial charge in [-0.3, -0.25) is 9.88 Å². The van der Waals surface area contributed by atoms with Crippen LogP contribution in [0.1, 0.15) is 26.5 Å². The highest BCUT2D eigenvalue weighted by Gasteiger charge is 2.63. The lowest BCUT2D eigenvalue weighted by Crippen LogP contribution is -2.74. The molecule has 0 spiro atoms. The third kappa shape index (κ3) is 1.94. The van der Waals surface area contributed by atoms with Crippen LogP contribution in [0.3, 0.4) is 0 Å². The Kier molecular flexibility index (Phi) is 3.35. The summed E-state index contributed by atoms with van der Waals surface area (Å²) in [6, 6.07) is 3.54. The van der Waals surface area contributed by atoms with Gasteiger partial charge in [-0.1, -0.05) is 36.7 Å². The second kappa shape index (κ2) is 4.45. The number of amides is 1. The van der Waals surface area contributed by atoms with Gasteiger partial charge in [0.1, 0.15) is 11.6 Å². The minimum Gasteiger partial charge on any atom is -0.465 e. The molecule has 1 amide bonds. The molecule has 1 fully saturated rings. The summed E-state index contributed by atoms with van der Waals surface area (Å²) in [5.74, 6) is 0. The van der Waals surface area contributed by atoms with Crippen LogP contribution in [0.25, 0.3) is 0 Å². The van der Waals surface area contributed by atoms with Crippen LogP contribution < -0.4 is 0 Å². The van der Waals surface area contributed by atoms with E-state index in [1.54, 1.807) is 18.3 Å². The van der Waals surface area contributed by atoms with Gasteiger partial charge in [-0.2, -0.15) is 0 Å². The zero-order chi connectivity index (χ0) is 14.4. The van der Waals surface area contributed by atoms with Crippen molar-refractivity contribution < 1.29 is 15.0 Å². The molecule has 1 aromatic heterocycles. The molecular weight excluding hydrogens is 312 g/mol. The van der Waals surface area contributed by atoms with Crippen molar-refractivity contribution in [1.29, 1.82) is 0 Å². The smallest absolute Gasteiger partial charge is 0.408 e. The van der Waals surface area contributed by atoms with Crippen molar-refractivity contribution in [3.05, 3.63) is 28.5 Å². The van der Waals surface area contributed by atoms with Gasteiger partial charge in [-0.25, -0.2) is 4.79 Å². The quantitative estimate of drug-likeness (QED) is 0.830. The number of nitrogens with zero attached hydrogens (tertiary/aromatic N) is 2. The fourth-order valence-corrected chi connectivity index (χ4v) is 3.29. The zero-order valence-electron chi connectivity index (χ0n) is 11.1. The predicted molar refractivity (Wildman–Crippen MR) is 73.8 cm³/mol. The molecule has 2 heterocycles. The molecule has 6 heteroatoms. The average molecular weight is 329 g/mol. The molecule has 19 heavy (non-hydrogen) atoms. The summed E-state index contributed by atoms with van der Waals surface area (Å²) in [5, 5.41) is 19.7. The summed E-state index contributed by atoms with van der Waals surface area (Å²) in [4.78, 5) is 17.0. The Hall–Kier alpha value is -1.14. The Morgan fingerprint density at radius 1 is 1.58 bits per heavy atom. The van der Waals surface area contributed by atoms with E-state index >= 15 is 0 Å². The molecule has 0 aliphatic carbocycles. The molecule has 1 aliphatic rings. The Bertz CT molecular complexity index is 515. The van der Waals surface area contributed by atoms with Crippen molar-refractivity contribution >= 4 is 22.0 Å². The fraction of sp³-hybridized carbons (Fsp3) is 0.538. The summed E-state index contributed by atoms with van der Waals surface area (Å²) < 4.78 is 0.811. The summed E-state index contributed by atoms with van der Waals surface area (Å²) >= 11 is 3.36. The van der Waals surface area contributed by atoms with Gasteiger partial charge < -0.3 is 10.2 Å². The molecule has 2 unspecified atom stereocenters. The first kappa shape index (κ1) is 14.3. The van der Waals surface area contributed by atoms with Gasteiger partial charge in [0.05, 0.1) is 12.2 Å². The van der Waals surface area contributed by atoms with Crippen LogP contribution in [0.2, 0.25) is 0 Å². The highest BCUT2D eigenvalue weighted by Crippen LogP contribution is 2.52. The molecule has 5 nitrogen and oxygen atoms in total. The lowest BCUT2D eigenvalue weighted by molar-refractivity contribution is -0.179. The van der Waals surface area contributed by atoms with E-state index in [9.17, 15) is 15.0 Å². The van der Waals surface area contributed by atoms with Gasteiger partial charge >= 0.3 is 6.09 Å². The van der Waals surface area contributed by atoms with Crippen molar-refractivity contribution in [3.63, 3.8) is 0 Å². The Labute approximate surface area is 120 Å².